The minimum atomic E-state index is -5.02. The van der Waals surface area contributed by atoms with Crippen molar-refractivity contribution in [2.24, 2.45) is 4.99 Å². The molecule has 0 aromatic heterocycles. The molecule has 0 atom stereocenters. The van der Waals surface area contributed by atoms with E-state index < -0.39 is 30.4 Å². The number of carbonyl (C=O) groups is 2. The van der Waals surface area contributed by atoms with Gasteiger partial charge < -0.3 is 5.11 Å². The zero-order chi connectivity index (χ0) is 12.3. The Morgan fingerprint density at radius 3 is 2.25 bits per heavy atom. The third kappa shape index (κ3) is 2.81. The third-order valence-corrected chi connectivity index (χ3v) is 1.72. The molecular weight excluding hydrogens is 229 g/mol. The van der Waals surface area contributed by atoms with Crippen LogP contribution in [-0.2, 0) is 9.59 Å². The molecule has 0 radical (unpaired) electrons. The summed E-state index contributed by atoms with van der Waals surface area (Å²) in [4.78, 5) is 25.2. The number of carbonyl (C=O) groups excluding carboxylic acids is 2. The van der Waals surface area contributed by atoms with Gasteiger partial charge in [0.1, 0.15) is 0 Å². The van der Waals surface area contributed by atoms with E-state index in [1.807, 2.05) is 0 Å². The Morgan fingerprint density at radius 2 is 1.81 bits per heavy atom. The van der Waals surface area contributed by atoms with Gasteiger partial charge in [0.2, 0.25) is 0 Å². The second kappa shape index (κ2) is 4.33. The highest BCUT2D eigenvalue weighted by Gasteiger charge is 2.28. The number of hydrogen-bond donors (Lipinski definition) is 0. The second-order valence-electron chi connectivity index (χ2n) is 2.85. The summed E-state index contributed by atoms with van der Waals surface area (Å²) in [6.07, 6.45) is -3.03. The van der Waals surface area contributed by atoms with Crippen LogP contribution in [0.2, 0.25) is 0 Å². The van der Waals surface area contributed by atoms with Gasteiger partial charge in [-0.05, 0) is 0 Å². The summed E-state index contributed by atoms with van der Waals surface area (Å²) in [6.45, 7) is -0.899. The number of imide groups is 1. The summed E-state index contributed by atoms with van der Waals surface area (Å²) in [5.74, 6) is -3.47. The van der Waals surface area contributed by atoms with Gasteiger partial charge in [0, 0.05) is 18.7 Å². The number of aliphatic imine (C=N–C) groups is 1. The van der Waals surface area contributed by atoms with Crippen molar-refractivity contribution in [1.29, 1.82) is 0 Å². The number of hydrogen-bond acceptors (Lipinski definition) is 4. The summed E-state index contributed by atoms with van der Waals surface area (Å²) in [5, 5.41) is 10.3. The van der Waals surface area contributed by atoms with Gasteiger partial charge in [-0.2, -0.15) is 13.2 Å². The predicted octanol–water partition coefficient (Wildman–Crippen LogP) is -0.768. The van der Waals surface area contributed by atoms with Gasteiger partial charge in [0.05, 0.1) is 12.4 Å². The molecule has 0 fully saturated rings. The SMILES string of the molecule is O=C1C=CC(=O)N1CCN=C([O-])C(F)(F)F. The van der Waals surface area contributed by atoms with Crippen molar-refractivity contribution in [2.45, 2.75) is 6.18 Å². The maximum Gasteiger partial charge on any atom is 0.419 e. The standard InChI is InChI=1S/C8H7F3N2O3/c9-8(10,11)7(16)12-3-4-13-5(14)1-2-6(13)15/h1-2H,3-4H2,(H,12,16)/p-1. The lowest BCUT2D eigenvalue weighted by molar-refractivity contribution is -0.262. The number of alkyl halides is 3. The van der Waals surface area contributed by atoms with Crippen LogP contribution in [0.1, 0.15) is 0 Å². The van der Waals surface area contributed by atoms with Crippen molar-refractivity contribution in [3.8, 4) is 0 Å². The van der Waals surface area contributed by atoms with E-state index in [1.165, 1.54) is 0 Å². The van der Waals surface area contributed by atoms with Crippen molar-refractivity contribution in [3.63, 3.8) is 0 Å². The van der Waals surface area contributed by atoms with E-state index in [4.69, 9.17) is 0 Å². The van der Waals surface area contributed by atoms with Gasteiger partial charge in [0.25, 0.3) is 11.8 Å². The van der Waals surface area contributed by atoms with Crippen LogP contribution >= 0.6 is 0 Å². The van der Waals surface area contributed by atoms with E-state index in [9.17, 15) is 27.9 Å². The van der Waals surface area contributed by atoms with Crippen molar-refractivity contribution >= 4 is 17.7 Å². The van der Waals surface area contributed by atoms with Crippen LogP contribution in [0, 0.1) is 0 Å². The zero-order valence-corrected chi connectivity index (χ0v) is 7.82. The molecule has 88 valence electrons. The maximum atomic E-state index is 11.7. The van der Waals surface area contributed by atoms with Gasteiger partial charge in [-0.25, -0.2) is 0 Å². The van der Waals surface area contributed by atoms with Crippen LogP contribution in [0.15, 0.2) is 17.1 Å². The fourth-order valence-electron chi connectivity index (χ4n) is 0.993. The van der Waals surface area contributed by atoms with E-state index >= 15 is 0 Å². The van der Waals surface area contributed by atoms with Gasteiger partial charge in [-0.1, -0.05) is 0 Å². The summed E-state index contributed by atoms with van der Waals surface area (Å²) in [6, 6.07) is 0. The highest BCUT2D eigenvalue weighted by molar-refractivity contribution is 6.12. The minimum Gasteiger partial charge on any atom is -0.856 e. The highest BCUT2D eigenvalue weighted by atomic mass is 19.4. The number of rotatable bonds is 3. The molecule has 0 bridgehead atoms. The number of nitrogens with zero attached hydrogens (tertiary/aromatic N) is 2. The van der Waals surface area contributed by atoms with Gasteiger partial charge in [0.15, 0.2) is 0 Å². The molecule has 0 N–H and O–H groups in total. The van der Waals surface area contributed by atoms with Crippen molar-refractivity contribution in [2.75, 3.05) is 13.1 Å². The Labute approximate surface area is 87.9 Å². The molecule has 1 aliphatic heterocycles. The average molecular weight is 235 g/mol. The average Bonchev–Trinajstić information content (AvgIpc) is 2.47. The van der Waals surface area contributed by atoms with Crippen molar-refractivity contribution in [1.82, 2.24) is 4.90 Å². The fourth-order valence-corrected chi connectivity index (χ4v) is 0.993. The largest absolute Gasteiger partial charge is 0.856 e. The molecule has 1 aliphatic rings. The Balaban J connectivity index is 2.48. The first-order valence-corrected chi connectivity index (χ1v) is 4.14. The van der Waals surface area contributed by atoms with Crippen LogP contribution < -0.4 is 5.11 Å². The minimum absolute atomic E-state index is 0.341. The van der Waals surface area contributed by atoms with Gasteiger partial charge in [-0.3, -0.25) is 19.5 Å². The molecule has 0 aromatic carbocycles. The molecule has 2 amide bonds. The quantitative estimate of drug-likeness (QED) is 0.366. The summed E-state index contributed by atoms with van der Waals surface area (Å²) < 4.78 is 35.1. The van der Waals surface area contributed by atoms with Crippen molar-refractivity contribution in [3.05, 3.63) is 12.2 Å². The molecular formula is C8H6F3N2O3-. The summed E-state index contributed by atoms with van der Waals surface area (Å²) in [5.41, 5.74) is 0. The second-order valence-corrected chi connectivity index (χ2v) is 2.85. The molecule has 0 aliphatic carbocycles. The van der Waals surface area contributed by atoms with Crippen LogP contribution in [0.4, 0.5) is 13.2 Å². The lowest BCUT2D eigenvalue weighted by Crippen LogP contribution is -2.37. The van der Waals surface area contributed by atoms with E-state index in [0.29, 0.717) is 4.90 Å². The number of halogens is 3. The Hall–Kier alpha value is -1.86. The lowest BCUT2D eigenvalue weighted by Gasteiger charge is -2.16. The molecule has 5 nitrogen and oxygen atoms in total. The summed E-state index contributed by atoms with van der Waals surface area (Å²) >= 11 is 0. The topological polar surface area (TPSA) is 72.8 Å². The van der Waals surface area contributed by atoms with E-state index in [2.05, 4.69) is 4.99 Å². The molecule has 0 unspecified atom stereocenters. The first-order valence-electron chi connectivity index (χ1n) is 4.14. The van der Waals surface area contributed by atoms with Crippen LogP contribution in [-0.4, -0.2) is 41.9 Å². The normalized spacial score (nSPS) is 17.4. The maximum absolute atomic E-state index is 11.7. The van der Waals surface area contributed by atoms with E-state index in [0.717, 1.165) is 12.2 Å². The molecule has 1 heterocycles. The number of amides is 2. The molecule has 0 spiro atoms. The molecule has 0 aromatic rings. The Kier molecular flexibility index (Phi) is 3.31. The molecule has 8 heteroatoms. The zero-order valence-electron chi connectivity index (χ0n) is 7.82. The predicted molar refractivity (Wildman–Crippen MR) is 44.2 cm³/mol. The molecule has 16 heavy (non-hydrogen) atoms. The van der Waals surface area contributed by atoms with Gasteiger partial charge >= 0.3 is 6.18 Å². The molecule has 1 rings (SSSR count). The molecule has 0 saturated heterocycles. The van der Waals surface area contributed by atoms with Crippen LogP contribution in [0.3, 0.4) is 0 Å². The first-order chi connectivity index (χ1) is 7.32. The van der Waals surface area contributed by atoms with E-state index in [1.54, 1.807) is 0 Å². The molecule has 0 saturated carbocycles. The monoisotopic (exact) mass is 235 g/mol. The van der Waals surface area contributed by atoms with Gasteiger partial charge in [-0.15, -0.1) is 0 Å². The fraction of sp³-hybridized carbons (Fsp3) is 0.375. The first kappa shape index (κ1) is 12.2. The Bertz CT molecular complexity index is 355. The lowest BCUT2D eigenvalue weighted by atomic mass is 10.5. The Morgan fingerprint density at radius 1 is 1.31 bits per heavy atom. The smallest absolute Gasteiger partial charge is 0.419 e. The third-order valence-electron chi connectivity index (χ3n) is 1.72. The van der Waals surface area contributed by atoms with E-state index in [-0.39, 0.29) is 6.54 Å². The van der Waals surface area contributed by atoms with Crippen molar-refractivity contribution < 1.29 is 27.9 Å². The highest BCUT2D eigenvalue weighted by Crippen LogP contribution is 2.14. The van der Waals surface area contributed by atoms with Crippen LogP contribution in [0.25, 0.3) is 0 Å². The summed E-state index contributed by atoms with van der Waals surface area (Å²) in [7, 11) is 0. The van der Waals surface area contributed by atoms with Crippen LogP contribution in [0.5, 0.6) is 0 Å².